The SMILES string of the molecule is O=C(Nc1cccc(Cl)c1Cl)[C@@H]1CCCN(Cc2c(Cl)cccc2Cl)C1. The highest BCUT2D eigenvalue weighted by Gasteiger charge is 2.27. The number of anilines is 1. The zero-order chi connectivity index (χ0) is 18.7. The normalized spacial score (nSPS) is 17.9. The molecule has 1 aliphatic heterocycles. The number of nitrogens with zero attached hydrogens (tertiary/aromatic N) is 1. The second-order valence-electron chi connectivity index (χ2n) is 6.37. The minimum absolute atomic E-state index is 0.0517. The van der Waals surface area contributed by atoms with Gasteiger partial charge in [-0.1, -0.05) is 58.5 Å². The van der Waals surface area contributed by atoms with Crippen molar-refractivity contribution in [3.63, 3.8) is 0 Å². The van der Waals surface area contributed by atoms with Crippen LogP contribution in [-0.4, -0.2) is 23.9 Å². The lowest BCUT2D eigenvalue weighted by atomic mass is 9.96. The summed E-state index contributed by atoms with van der Waals surface area (Å²) in [7, 11) is 0. The predicted molar refractivity (Wildman–Crippen MR) is 110 cm³/mol. The summed E-state index contributed by atoms with van der Waals surface area (Å²) in [5.41, 5.74) is 1.44. The summed E-state index contributed by atoms with van der Waals surface area (Å²) in [5, 5.41) is 4.97. The van der Waals surface area contributed by atoms with Crippen molar-refractivity contribution in [2.75, 3.05) is 18.4 Å². The molecule has 1 N–H and O–H groups in total. The lowest BCUT2D eigenvalue weighted by molar-refractivity contribution is -0.121. The Bertz CT molecular complexity index is 792. The maximum atomic E-state index is 12.7. The van der Waals surface area contributed by atoms with Gasteiger partial charge in [0.25, 0.3) is 0 Å². The van der Waals surface area contributed by atoms with Crippen LogP contribution in [0.3, 0.4) is 0 Å². The van der Waals surface area contributed by atoms with Crippen LogP contribution in [0.4, 0.5) is 5.69 Å². The van der Waals surface area contributed by atoms with Crippen molar-refractivity contribution in [2.45, 2.75) is 19.4 Å². The standard InChI is InChI=1S/C19H18Cl4N2O/c20-14-5-1-6-15(21)13(14)11-25-9-3-4-12(10-25)19(26)24-17-8-2-7-16(22)18(17)23/h1-2,5-8,12H,3-4,9-11H2,(H,24,26)/t12-/m1/s1. The quantitative estimate of drug-likeness (QED) is 0.629. The molecule has 26 heavy (non-hydrogen) atoms. The number of carbonyl (C=O) groups is 1. The molecular formula is C19H18Cl4N2O. The number of amides is 1. The van der Waals surface area contributed by atoms with Gasteiger partial charge in [0.2, 0.25) is 5.91 Å². The Morgan fingerprint density at radius 3 is 2.42 bits per heavy atom. The highest BCUT2D eigenvalue weighted by Crippen LogP contribution is 2.31. The Morgan fingerprint density at radius 1 is 1.04 bits per heavy atom. The number of rotatable bonds is 4. The van der Waals surface area contributed by atoms with E-state index < -0.39 is 0 Å². The Labute approximate surface area is 173 Å². The average molecular weight is 432 g/mol. The first kappa shape index (κ1) is 19.8. The maximum absolute atomic E-state index is 12.7. The predicted octanol–water partition coefficient (Wildman–Crippen LogP) is 6.15. The fourth-order valence-electron chi connectivity index (χ4n) is 3.16. The van der Waals surface area contributed by atoms with Gasteiger partial charge < -0.3 is 5.32 Å². The molecular weight excluding hydrogens is 414 g/mol. The largest absolute Gasteiger partial charge is 0.324 e. The number of benzene rings is 2. The second-order valence-corrected chi connectivity index (χ2v) is 7.96. The molecule has 0 bridgehead atoms. The molecule has 1 aliphatic rings. The number of hydrogen-bond donors (Lipinski definition) is 1. The molecule has 3 rings (SSSR count). The molecule has 0 radical (unpaired) electrons. The van der Waals surface area contributed by atoms with Crippen LogP contribution in [0.1, 0.15) is 18.4 Å². The third-order valence-electron chi connectivity index (χ3n) is 4.53. The summed E-state index contributed by atoms with van der Waals surface area (Å²) >= 11 is 24.7. The van der Waals surface area contributed by atoms with Crippen molar-refractivity contribution < 1.29 is 4.79 Å². The Morgan fingerprint density at radius 2 is 1.69 bits per heavy atom. The van der Waals surface area contributed by atoms with Crippen LogP contribution in [0.25, 0.3) is 0 Å². The summed E-state index contributed by atoms with van der Waals surface area (Å²) in [6, 6.07) is 10.7. The summed E-state index contributed by atoms with van der Waals surface area (Å²) in [6.45, 7) is 2.18. The minimum atomic E-state index is -0.125. The zero-order valence-corrected chi connectivity index (χ0v) is 17.0. The van der Waals surface area contributed by atoms with Crippen LogP contribution in [0.2, 0.25) is 20.1 Å². The van der Waals surface area contributed by atoms with E-state index >= 15 is 0 Å². The summed E-state index contributed by atoms with van der Waals surface area (Å²) in [5.74, 6) is -0.177. The molecule has 0 saturated carbocycles. The first-order valence-corrected chi connectivity index (χ1v) is 9.87. The molecule has 2 aromatic rings. The van der Waals surface area contributed by atoms with E-state index in [-0.39, 0.29) is 11.8 Å². The van der Waals surface area contributed by atoms with E-state index in [4.69, 9.17) is 46.4 Å². The number of piperidine rings is 1. The van der Waals surface area contributed by atoms with Gasteiger partial charge in [-0.2, -0.15) is 0 Å². The van der Waals surface area contributed by atoms with E-state index in [9.17, 15) is 4.79 Å². The van der Waals surface area contributed by atoms with Gasteiger partial charge in [-0.15, -0.1) is 0 Å². The fraction of sp³-hybridized carbons (Fsp3) is 0.316. The molecule has 0 spiro atoms. The van der Waals surface area contributed by atoms with Crippen LogP contribution < -0.4 is 5.32 Å². The van der Waals surface area contributed by atoms with Crippen LogP contribution in [0.15, 0.2) is 36.4 Å². The zero-order valence-electron chi connectivity index (χ0n) is 13.9. The lowest BCUT2D eigenvalue weighted by Crippen LogP contribution is -2.40. The molecule has 0 unspecified atom stereocenters. The van der Waals surface area contributed by atoms with E-state index in [2.05, 4.69) is 10.2 Å². The molecule has 1 amide bonds. The molecule has 3 nitrogen and oxygen atoms in total. The smallest absolute Gasteiger partial charge is 0.228 e. The van der Waals surface area contributed by atoms with Crippen molar-refractivity contribution in [1.29, 1.82) is 0 Å². The first-order chi connectivity index (χ1) is 12.5. The van der Waals surface area contributed by atoms with Gasteiger partial charge in [-0.25, -0.2) is 0 Å². The van der Waals surface area contributed by atoms with Gasteiger partial charge in [-0.3, -0.25) is 9.69 Å². The third-order valence-corrected chi connectivity index (χ3v) is 6.06. The second kappa shape index (κ2) is 8.81. The summed E-state index contributed by atoms with van der Waals surface area (Å²) < 4.78 is 0. The third kappa shape index (κ3) is 4.65. The number of hydrogen-bond acceptors (Lipinski definition) is 2. The monoisotopic (exact) mass is 430 g/mol. The van der Waals surface area contributed by atoms with Crippen molar-refractivity contribution >= 4 is 58.0 Å². The molecule has 1 saturated heterocycles. The van der Waals surface area contributed by atoms with Gasteiger partial charge in [0.1, 0.15) is 0 Å². The average Bonchev–Trinajstić information content (AvgIpc) is 2.62. The first-order valence-electron chi connectivity index (χ1n) is 8.36. The number of nitrogens with one attached hydrogen (secondary N) is 1. The van der Waals surface area contributed by atoms with Crippen molar-refractivity contribution in [3.05, 3.63) is 62.1 Å². The van der Waals surface area contributed by atoms with E-state index in [1.807, 2.05) is 18.2 Å². The topological polar surface area (TPSA) is 32.3 Å². The van der Waals surface area contributed by atoms with Crippen LogP contribution >= 0.6 is 46.4 Å². The molecule has 1 fully saturated rings. The van der Waals surface area contributed by atoms with E-state index in [1.54, 1.807) is 18.2 Å². The number of halogens is 4. The molecule has 1 atom stereocenters. The molecule has 7 heteroatoms. The maximum Gasteiger partial charge on any atom is 0.228 e. The van der Waals surface area contributed by atoms with Crippen molar-refractivity contribution in [1.82, 2.24) is 4.90 Å². The van der Waals surface area contributed by atoms with Gasteiger partial charge in [0.15, 0.2) is 0 Å². The highest BCUT2D eigenvalue weighted by molar-refractivity contribution is 6.44. The minimum Gasteiger partial charge on any atom is -0.324 e. The van der Waals surface area contributed by atoms with Crippen molar-refractivity contribution in [3.8, 4) is 0 Å². The van der Waals surface area contributed by atoms with Crippen molar-refractivity contribution in [2.24, 2.45) is 5.92 Å². The lowest BCUT2D eigenvalue weighted by Gasteiger charge is -2.32. The molecule has 2 aromatic carbocycles. The van der Waals surface area contributed by atoms with Gasteiger partial charge in [0.05, 0.1) is 21.7 Å². The molecule has 0 aliphatic carbocycles. The van der Waals surface area contributed by atoms with Gasteiger partial charge in [-0.05, 0) is 43.7 Å². The van der Waals surface area contributed by atoms with Gasteiger partial charge >= 0.3 is 0 Å². The number of carbonyl (C=O) groups excluding carboxylic acids is 1. The molecule has 0 aromatic heterocycles. The van der Waals surface area contributed by atoms with E-state index in [1.165, 1.54) is 0 Å². The molecule has 1 heterocycles. The van der Waals surface area contributed by atoms with E-state index in [0.29, 0.717) is 38.9 Å². The molecule has 138 valence electrons. The Kier molecular flexibility index (Phi) is 6.70. The van der Waals surface area contributed by atoms with E-state index in [0.717, 1.165) is 24.9 Å². The number of likely N-dealkylation sites (tertiary alicyclic amines) is 1. The highest BCUT2D eigenvalue weighted by atomic mass is 35.5. The summed E-state index contributed by atoms with van der Waals surface area (Å²) in [4.78, 5) is 14.9. The van der Waals surface area contributed by atoms with Crippen LogP contribution in [0, 0.1) is 5.92 Å². The van der Waals surface area contributed by atoms with Crippen LogP contribution in [0.5, 0.6) is 0 Å². The summed E-state index contributed by atoms with van der Waals surface area (Å²) in [6.07, 6.45) is 1.76. The Hall–Kier alpha value is -0.970. The Balaban J connectivity index is 1.66. The van der Waals surface area contributed by atoms with Gasteiger partial charge in [0, 0.05) is 28.7 Å². The fourth-order valence-corrected chi connectivity index (χ4v) is 4.02. The van der Waals surface area contributed by atoms with Crippen LogP contribution in [-0.2, 0) is 11.3 Å².